The van der Waals surface area contributed by atoms with Gasteiger partial charge in [-0.3, -0.25) is 9.59 Å². The Kier molecular flexibility index (Phi) is 4.81. The summed E-state index contributed by atoms with van der Waals surface area (Å²) in [5.41, 5.74) is 0. The number of aliphatic carboxylic acids is 1. The molecule has 112 valence electrons. The summed E-state index contributed by atoms with van der Waals surface area (Å²) < 4.78 is 0. The molecule has 2 atom stereocenters. The molecule has 0 aromatic heterocycles. The number of piperidine rings is 1. The first kappa shape index (κ1) is 15.0. The minimum atomic E-state index is -0.857. The highest BCUT2D eigenvalue weighted by atomic mass is 16.4. The van der Waals surface area contributed by atoms with Crippen molar-refractivity contribution in [1.82, 2.24) is 9.80 Å². The summed E-state index contributed by atoms with van der Waals surface area (Å²) in [6.45, 7) is 1.99. The monoisotopic (exact) mass is 280 g/mol. The Bertz CT molecular complexity index is 400. The molecule has 0 aromatic carbocycles. The van der Waals surface area contributed by atoms with Crippen LogP contribution in [0.2, 0.25) is 0 Å². The van der Waals surface area contributed by atoms with Crippen LogP contribution in [0, 0.1) is 11.8 Å². The van der Waals surface area contributed by atoms with Gasteiger partial charge in [-0.25, -0.2) is 0 Å². The number of rotatable bonds is 3. The number of carboxylic acid groups (broad SMARTS) is 1. The Labute approximate surface area is 120 Å². The summed E-state index contributed by atoms with van der Waals surface area (Å²) in [6.07, 6.45) is 6.76. The van der Waals surface area contributed by atoms with Crippen molar-refractivity contribution in [2.24, 2.45) is 11.8 Å². The van der Waals surface area contributed by atoms with Crippen LogP contribution in [0.15, 0.2) is 12.2 Å². The van der Waals surface area contributed by atoms with Crippen molar-refractivity contribution in [3.63, 3.8) is 0 Å². The number of carboxylic acids is 1. The maximum absolute atomic E-state index is 12.6. The fourth-order valence-corrected chi connectivity index (χ4v) is 3.18. The molecule has 1 saturated heterocycles. The summed E-state index contributed by atoms with van der Waals surface area (Å²) in [6, 6.07) is 0.249. The number of likely N-dealkylation sites (tertiary alicyclic amines) is 1. The SMILES string of the molecule is CN1CCC(N(C)C(=O)[C@@H]2CC=CC[C@@H]2C(=O)O)CC1. The van der Waals surface area contributed by atoms with E-state index in [0.29, 0.717) is 12.8 Å². The fourth-order valence-electron chi connectivity index (χ4n) is 3.18. The van der Waals surface area contributed by atoms with Gasteiger partial charge < -0.3 is 14.9 Å². The third-order valence-corrected chi connectivity index (χ3v) is 4.65. The van der Waals surface area contributed by atoms with E-state index in [2.05, 4.69) is 11.9 Å². The number of allylic oxidation sites excluding steroid dienone is 2. The zero-order valence-electron chi connectivity index (χ0n) is 12.3. The molecule has 2 aliphatic rings. The van der Waals surface area contributed by atoms with Crippen LogP contribution >= 0.6 is 0 Å². The summed E-state index contributed by atoms with van der Waals surface area (Å²) in [4.78, 5) is 28.0. The first-order valence-electron chi connectivity index (χ1n) is 7.33. The van der Waals surface area contributed by atoms with Gasteiger partial charge >= 0.3 is 5.97 Å². The number of nitrogens with zero attached hydrogens (tertiary/aromatic N) is 2. The van der Waals surface area contributed by atoms with Gasteiger partial charge in [-0.05, 0) is 45.8 Å². The Morgan fingerprint density at radius 3 is 2.25 bits per heavy atom. The number of carbonyl (C=O) groups is 2. The first-order chi connectivity index (χ1) is 9.50. The molecule has 0 unspecified atom stereocenters. The molecule has 5 nitrogen and oxygen atoms in total. The van der Waals surface area contributed by atoms with Gasteiger partial charge in [0.25, 0.3) is 0 Å². The van der Waals surface area contributed by atoms with Crippen LogP contribution in [0.1, 0.15) is 25.7 Å². The Morgan fingerprint density at radius 2 is 1.70 bits per heavy atom. The second-order valence-electron chi connectivity index (χ2n) is 5.98. The van der Waals surface area contributed by atoms with E-state index in [1.165, 1.54) is 0 Å². The normalized spacial score (nSPS) is 28.3. The van der Waals surface area contributed by atoms with Crippen molar-refractivity contribution >= 4 is 11.9 Å². The van der Waals surface area contributed by atoms with E-state index in [0.717, 1.165) is 25.9 Å². The van der Waals surface area contributed by atoms with Crippen molar-refractivity contribution in [3.8, 4) is 0 Å². The quantitative estimate of drug-likeness (QED) is 0.789. The molecule has 1 aliphatic carbocycles. The largest absolute Gasteiger partial charge is 0.481 e. The summed E-state index contributed by atoms with van der Waals surface area (Å²) in [5.74, 6) is -1.83. The first-order valence-corrected chi connectivity index (χ1v) is 7.33. The van der Waals surface area contributed by atoms with Crippen LogP contribution in [0.4, 0.5) is 0 Å². The Morgan fingerprint density at radius 1 is 1.15 bits per heavy atom. The van der Waals surface area contributed by atoms with E-state index in [-0.39, 0.29) is 11.9 Å². The van der Waals surface area contributed by atoms with Crippen LogP contribution in [0.25, 0.3) is 0 Å². The molecule has 0 aromatic rings. The summed E-state index contributed by atoms with van der Waals surface area (Å²) in [5, 5.41) is 9.27. The molecule has 0 spiro atoms. The Hall–Kier alpha value is -1.36. The molecule has 5 heteroatoms. The molecule has 1 N–H and O–H groups in total. The molecular formula is C15H24N2O3. The zero-order valence-corrected chi connectivity index (χ0v) is 12.3. The van der Waals surface area contributed by atoms with Crippen LogP contribution < -0.4 is 0 Å². The van der Waals surface area contributed by atoms with E-state index in [4.69, 9.17) is 0 Å². The highest BCUT2D eigenvalue weighted by molar-refractivity contribution is 5.85. The predicted octanol–water partition coefficient (Wildman–Crippen LogP) is 1.21. The average molecular weight is 280 g/mol. The van der Waals surface area contributed by atoms with Crippen LogP contribution in [0.5, 0.6) is 0 Å². The third kappa shape index (κ3) is 3.20. The van der Waals surface area contributed by atoms with Crippen molar-refractivity contribution in [2.75, 3.05) is 27.2 Å². The van der Waals surface area contributed by atoms with E-state index in [9.17, 15) is 14.7 Å². The van der Waals surface area contributed by atoms with Crippen molar-refractivity contribution in [2.45, 2.75) is 31.7 Å². The van der Waals surface area contributed by atoms with Crippen LogP contribution in [-0.2, 0) is 9.59 Å². The number of amides is 1. The molecule has 0 radical (unpaired) electrons. The van der Waals surface area contributed by atoms with Crippen molar-refractivity contribution in [3.05, 3.63) is 12.2 Å². The van der Waals surface area contributed by atoms with Gasteiger partial charge in [-0.1, -0.05) is 12.2 Å². The lowest BCUT2D eigenvalue weighted by Crippen LogP contribution is -2.48. The predicted molar refractivity (Wildman–Crippen MR) is 76.3 cm³/mol. The lowest BCUT2D eigenvalue weighted by molar-refractivity contribution is -0.151. The fraction of sp³-hybridized carbons (Fsp3) is 0.733. The number of hydrogen-bond acceptors (Lipinski definition) is 3. The van der Waals surface area contributed by atoms with E-state index in [1.807, 2.05) is 19.2 Å². The van der Waals surface area contributed by atoms with Gasteiger partial charge in [-0.15, -0.1) is 0 Å². The number of carbonyl (C=O) groups excluding carboxylic acids is 1. The van der Waals surface area contributed by atoms with E-state index in [1.54, 1.807) is 4.90 Å². The molecule has 20 heavy (non-hydrogen) atoms. The second-order valence-corrected chi connectivity index (χ2v) is 5.98. The smallest absolute Gasteiger partial charge is 0.307 e. The van der Waals surface area contributed by atoms with Gasteiger partial charge in [0.15, 0.2) is 0 Å². The van der Waals surface area contributed by atoms with Crippen molar-refractivity contribution < 1.29 is 14.7 Å². The summed E-state index contributed by atoms with van der Waals surface area (Å²) >= 11 is 0. The third-order valence-electron chi connectivity index (χ3n) is 4.65. The lowest BCUT2D eigenvalue weighted by atomic mass is 9.81. The minimum absolute atomic E-state index is 0.00342. The molecule has 0 bridgehead atoms. The van der Waals surface area contributed by atoms with Gasteiger partial charge in [0, 0.05) is 13.1 Å². The maximum Gasteiger partial charge on any atom is 0.307 e. The standard InChI is InChI=1S/C15H24N2O3/c1-16-9-7-11(8-10-16)17(2)14(18)12-5-3-4-6-13(12)15(19)20/h3-4,11-13H,5-10H2,1-2H3,(H,19,20)/t12-,13+/m1/s1. The topological polar surface area (TPSA) is 60.9 Å². The summed E-state index contributed by atoms with van der Waals surface area (Å²) in [7, 11) is 3.92. The molecule has 1 fully saturated rings. The zero-order chi connectivity index (χ0) is 14.7. The Balaban J connectivity index is 2.02. The van der Waals surface area contributed by atoms with Gasteiger partial charge in [0.1, 0.15) is 0 Å². The molecule has 2 rings (SSSR count). The van der Waals surface area contributed by atoms with Crippen molar-refractivity contribution in [1.29, 1.82) is 0 Å². The minimum Gasteiger partial charge on any atom is -0.481 e. The lowest BCUT2D eigenvalue weighted by Gasteiger charge is -2.37. The van der Waals surface area contributed by atoms with E-state index >= 15 is 0 Å². The maximum atomic E-state index is 12.6. The molecule has 1 amide bonds. The van der Waals surface area contributed by atoms with Crippen LogP contribution in [0.3, 0.4) is 0 Å². The average Bonchev–Trinajstić information content (AvgIpc) is 2.46. The molecule has 1 aliphatic heterocycles. The highest BCUT2D eigenvalue weighted by Crippen LogP contribution is 2.29. The van der Waals surface area contributed by atoms with Gasteiger partial charge in [-0.2, -0.15) is 0 Å². The second kappa shape index (κ2) is 6.39. The molecule has 1 heterocycles. The van der Waals surface area contributed by atoms with E-state index < -0.39 is 17.8 Å². The van der Waals surface area contributed by atoms with Gasteiger partial charge in [0.05, 0.1) is 11.8 Å². The number of hydrogen-bond donors (Lipinski definition) is 1. The van der Waals surface area contributed by atoms with Gasteiger partial charge in [0.2, 0.25) is 5.91 Å². The highest BCUT2D eigenvalue weighted by Gasteiger charge is 2.37. The molecular weight excluding hydrogens is 256 g/mol. The molecule has 0 saturated carbocycles. The van der Waals surface area contributed by atoms with Crippen LogP contribution in [-0.4, -0.2) is 60.0 Å².